The van der Waals surface area contributed by atoms with Crippen LogP contribution in [0.3, 0.4) is 0 Å². The number of halogens is 1. The van der Waals surface area contributed by atoms with E-state index in [1.54, 1.807) is 24.3 Å². The van der Waals surface area contributed by atoms with Crippen LogP contribution in [0.2, 0.25) is 0 Å². The Hall–Kier alpha value is -1.48. The molecule has 1 aromatic heterocycles. The molecule has 2 aromatic rings. The summed E-state index contributed by atoms with van der Waals surface area (Å²) in [6, 6.07) is 6.40. The summed E-state index contributed by atoms with van der Waals surface area (Å²) < 4.78 is 0. The van der Waals surface area contributed by atoms with E-state index in [1.165, 1.54) is 0 Å². The molecule has 4 heteroatoms. The summed E-state index contributed by atoms with van der Waals surface area (Å²) in [5.41, 5.74) is 1.11. The van der Waals surface area contributed by atoms with E-state index in [-0.39, 0.29) is 5.75 Å². The molecule has 2 N–H and O–H groups in total. The van der Waals surface area contributed by atoms with Crippen molar-refractivity contribution in [3.63, 3.8) is 0 Å². The van der Waals surface area contributed by atoms with Gasteiger partial charge in [0.1, 0.15) is 5.75 Å². The number of aromatic amines is 1. The number of carbonyl (C=O) groups excluding carboxylic acids is 1. The largest absolute Gasteiger partial charge is 0.508 e. The number of phenols is 1. The lowest BCUT2D eigenvalue weighted by atomic mass is 10.2. The third kappa shape index (κ3) is 1.38. The summed E-state index contributed by atoms with van der Waals surface area (Å²) in [7, 11) is 0. The van der Waals surface area contributed by atoms with E-state index in [9.17, 15) is 4.79 Å². The van der Waals surface area contributed by atoms with E-state index < -0.39 is 5.24 Å². The van der Waals surface area contributed by atoms with Crippen LogP contribution in [0, 0.1) is 0 Å². The Morgan fingerprint density at radius 3 is 2.85 bits per heavy atom. The van der Waals surface area contributed by atoms with Gasteiger partial charge in [-0.05, 0) is 35.9 Å². The molecular formula is C9H6ClNO2. The first kappa shape index (κ1) is 8.13. The minimum absolute atomic E-state index is 0.167. The fourth-order valence-electron chi connectivity index (χ4n) is 1.23. The van der Waals surface area contributed by atoms with Crippen LogP contribution in [0.4, 0.5) is 0 Å². The third-order valence-corrected chi connectivity index (χ3v) is 2.02. The molecule has 0 amide bonds. The van der Waals surface area contributed by atoms with Gasteiger partial charge in [-0.25, -0.2) is 0 Å². The number of aromatic nitrogens is 1. The lowest BCUT2D eigenvalue weighted by Gasteiger charge is -1.89. The number of rotatable bonds is 1. The number of hydrogen-bond acceptors (Lipinski definition) is 2. The van der Waals surface area contributed by atoms with Crippen molar-refractivity contribution in [1.29, 1.82) is 0 Å². The zero-order chi connectivity index (χ0) is 9.42. The maximum absolute atomic E-state index is 10.8. The normalized spacial score (nSPS) is 10.5. The molecule has 0 fully saturated rings. The highest BCUT2D eigenvalue weighted by molar-refractivity contribution is 6.67. The highest BCUT2D eigenvalue weighted by atomic mass is 35.5. The predicted molar refractivity (Wildman–Crippen MR) is 50.1 cm³/mol. The van der Waals surface area contributed by atoms with Crippen LogP contribution in [0.5, 0.6) is 5.75 Å². The van der Waals surface area contributed by atoms with E-state index in [0.717, 1.165) is 10.9 Å². The number of phenolic OH excluding ortho intramolecular Hbond substituents is 1. The topological polar surface area (TPSA) is 53.1 Å². The van der Waals surface area contributed by atoms with E-state index in [2.05, 4.69) is 4.98 Å². The van der Waals surface area contributed by atoms with E-state index in [1.807, 2.05) is 0 Å². The summed E-state index contributed by atoms with van der Waals surface area (Å²) in [6.07, 6.45) is 0. The Labute approximate surface area is 78.9 Å². The molecule has 0 atom stereocenters. The van der Waals surface area contributed by atoms with Gasteiger partial charge in [0.25, 0.3) is 5.24 Å². The van der Waals surface area contributed by atoms with Crippen molar-refractivity contribution in [1.82, 2.24) is 4.98 Å². The van der Waals surface area contributed by atoms with Gasteiger partial charge >= 0.3 is 0 Å². The number of carbonyl (C=O) groups is 1. The van der Waals surface area contributed by atoms with Gasteiger partial charge < -0.3 is 10.1 Å². The quantitative estimate of drug-likeness (QED) is 0.686. The number of H-pyrrole nitrogens is 1. The Morgan fingerprint density at radius 2 is 2.15 bits per heavy atom. The molecule has 0 spiro atoms. The summed E-state index contributed by atoms with van der Waals surface area (Å²) in [5, 5.41) is 9.38. The molecule has 2 rings (SSSR count). The van der Waals surface area contributed by atoms with Gasteiger partial charge in [0.15, 0.2) is 0 Å². The number of nitrogens with one attached hydrogen (secondary N) is 1. The van der Waals surface area contributed by atoms with Gasteiger partial charge in [-0.3, -0.25) is 4.79 Å². The first-order valence-electron chi connectivity index (χ1n) is 3.68. The van der Waals surface area contributed by atoms with Crippen LogP contribution in [0.15, 0.2) is 24.3 Å². The zero-order valence-corrected chi connectivity index (χ0v) is 7.30. The van der Waals surface area contributed by atoms with Crippen LogP contribution in [0.1, 0.15) is 10.5 Å². The summed E-state index contributed by atoms with van der Waals surface area (Å²) in [4.78, 5) is 13.6. The van der Waals surface area contributed by atoms with Gasteiger partial charge in [-0.2, -0.15) is 0 Å². The lowest BCUT2D eigenvalue weighted by Crippen LogP contribution is -1.85. The van der Waals surface area contributed by atoms with Gasteiger partial charge in [-0.15, -0.1) is 0 Å². The molecule has 0 saturated carbocycles. The minimum atomic E-state index is -0.532. The number of hydrogen-bond donors (Lipinski definition) is 2. The fourth-order valence-corrected chi connectivity index (χ4v) is 1.33. The van der Waals surface area contributed by atoms with Crippen molar-refractivity contribution in [3.05, 3.63) is 30.0 Å². The van der Waals surface area contributed by atoms with Crippen molar-refractivity contribution in [3.8, 4) is 5.75 Å². The molecule has 0 unspecified atom stereocenters. The number of fused-ring (bicyclic) bond motifs is 1. The summed E-state index contributed by atoms with van der Waals surface area (Å²) in [6.45, 7) is 0. The molecule has 1 aromatic carbocycles. The highest BCUT2D eigenvalue weighted by Gasteiger charge is 2.06. The first-order chi connectivity index (χ1) is 6.16. The second kappa shape index (κ2) is 2.78. The Balaban J connectivity index is 2.68. The van der Waals surface area contributed by atoms with Crippen molar-refractivity contribution < 1.29 is 9.90 Å². The molecule has 0 bridgehead atoms. The van der Waals surface area contributed by atoms with Crippen molar-refractivity contribution in [2.24, 2.45) is 0 Å². The summed E-state index contributed by atoms with van der Waals surface area (Å²) >= 11 is 5.28. The maximum Gasteiger partial charge on any atom is 0.268 e. The average molecular weight is 196 g/mol. The van der Waals surface area contributed by atoms with Crippen molar-refractivity contribution in [2.75, 3.05) is 0 Å². The Kier molecular flexibility index (Phi) is 1.74. The Morgan fingerprint density at radius 1 is 1.38 bits per heavy atom. The van der Waals surface area contributed by atoms with Crippen molar-refractivity contribution in [2.45, 2.75) is 0 Å². The zero-order valence-electron chi connectivity index (χ0n) is 6.54. The summed E-state index contributed by atoms with van der Waals surface area (Å²) in [5.74, 6) is 0.167. The highest BCUT2D eigenvalue weighted by Crippen LogP contribution is 2.21. The number of benzene rings is 1. The standard InChI is InChI=1S/C9H6ClNO2/c10-9(13)8-4-5-3-6(12)1-2-7(5)11-8/h1-4,11-12H. The molecular weight excluding hydrogens is 190 g/mol. The maximum atomic E-state index is 10.8. The number of aromatic hydroxyl groups is 1. The van der Waals surface area contributed by atoms with E-state index in [0.29, 0.717) is 5.69 Å². The van der Waals surface area contributed by atoms with Crippen LogP contribution in [-0.2, 0) is 0 Å². The van der Waals surface area contributed by atoms with Crippen LogP contribution in [-0.4, -0.2) is 15.3 Å². The predicted octanol–water partition coefficient (Wildman–Crippen LogP) is 2.25. The average Bonchev–Trinajstić information content (AvgIpc) is 2.46. The minimum Gasteiger partial charge on any atom is -0.508 e. The van der Waals surface area contributed by atoms with Gasteiger partial charge in [0.05, 0.1) is 5.69 Å². The smallest absolute Gasteiger partial charge is 0.268 e. The lowest BCUT2D eigenvalue weighted by molar-refractivity contribution is 0.107. The SMILES string of the molecule is O=C(Cl)c1cc2cc(O)ccc2[nH]1. The molecule has 1 heterocycles. The second-order valence-electron chi connectivity index (χ2n) is 2.73. The second-order valence-corrected chi connectivity index (χ2v) is 3.07. The third-order valence-electron chi connectivity index (χ3n) is 1.82. The monoisotopic (exact) mass is 195 g/mol. The molecule has 66 valence electrons. The first-order valence-corrected chi connectivity index (χ1v) is 4.06. The molecule has 13 heavy (non-hydrogen) atoms. The van der Waals surface area contributed by atoms with Gasteiger partial charge in [-0.1, -0.05) is 0 Å². The van der Waals surface area contributed by atoms with Crippen LogP contribution in [0.25, 0.3) is 10.9 Å². The molecule has 0 radical (unpaired) electrons. The molecule has 0 aliphatic heterocycles. The van der Waals surface area contributed by atoms with Crippen LogP contribution < -0.4 is 0 Å². The van der Waals surface area contributed by atoms with E-state index >= 15 is 0 Å². The van der Waals surface area contributed by atoms with Gasteiger partial charge in [0.2, 0.25) is 0 Å². The molecule has 3 nitrogen and oxygen atoms in total. The fraction of sp³-hybridized carbons (Fsp3) is 0. The van der Waals surface area contributed by atoms with Crippen LogP contribution >= 0.6 is 11.6 Å². The molecule has 0 aliphatic carbocycles. The molecule has 0 aliphatic rings. The Bertz CT molecular complexity index is 475. The van der Waals surface area contributed by atoms with E-state index in [4.69, 9.17) is 16.7 Å². The van der Waals surface area contributed by atoms with Crippen molar-refractivity contribution >= 4 is 27.7 Å². The molecule has 0 saturated heterocycles. The van der Waals surface area contributed by atoms with Gasteiger partial charge in [0, 0.05) is 10.9 Å².